The second-order valence-corrected chi connectivity index (χ2v) is 6.08. The van der Waals surface area contributed by atoms with Crippen LogP contribution in [0.1, 0.15) is 24.0 Å². The topological polar surface area (TPSA) is 122 Å². The molecule has 0 saturated carbocycles. The highest BCUT2D eigenvalue weighted by atomic mass is 16.6. The Kier molecular flexibility index (Phi) is 6.31. The van der Waals surface area contributed by atoms with Crippen LogP contribution in [-0.4, -0.2) is 27.3 Å². The summed E-state index contributed by atoms with van der Waals surface area (Å²) in [5, 5.41) is 14.3. The zero-order chi connectivity index (χ0) is 20.6. The zero-order valence-corrected chi connectivity index (χ0v) is 15.7. The van der Waals surface area contributed by atoms with Gasteiger partial charge in [0.05, 0.1) is 10.8 Å². The SMILES string of the molecule is CCNc1ncnc(NNC(=O)C(c2ccccc2)c2ccccc2)c1[N+](=O)[O-]. The second kappa shape index (κ2) is 9.27. The fourth-order valence-corrected chi connectivity index (χ4v) is 2.92. The Morgan fingerprint density at radius 1 is 1.00 bits per heavy atom. The maximum absolute atomic E-state index is 13.0. The van der Waals surface area contributed by atoms with Gasteiger partial charge < -0.3 is 5.32 Å². The third kappa shape index (κ3) is 4.64. The van der Waals surface area contributed by atoms with E-state index in [-0.39, 0.29) is 23.2 Å². The van der Waals surface area contributed by atoms with Crippen molar-refractivity contribution < 1.29 is 9.72 Å². The van der Waals surface area contributed by atoms with E-state index in [1.54, 1.807) is 6.92 Å². The van der Waals surface area contributed by atoms with Crippen molar-refractivity contribution in [2.45, 2.75) is 12.8 Å². The molecule has 3 aromatic rings. The van der Waals surface area contributed by atoms with E-state index in [1.165, 1.54) is 6.33 Å². The minimum absolute atomic E-state index is 0.0758. The molecule has 1 heterocycles. The van der Waals surface area contributed by atoms with Gasteiger partial charge in [0.2, 0.25) is 17.5 Å². The fourth-order valence-electron chi connectivity index (χ4n) is 2.92. The first-order valence-electron chi connectivity index (χ1n) is 9.00. The Bertz CT molecular complexity index is 943. The molecule has 9 heteroatoms. The summed E-state index contributed by atoms with van der Waals surface area (Å²) in [4.78, 5) is 31.7. The zero-order valence-electron chi connectivity index (χ0n) is 15.7. The van der Waals surface area contributed by atoms with Gasteiger partial charge in [0.1, 0.15) is 6.33 Å². The molecule has 3 rings (SSSR count). The summed E-state index contributed by atoms with van der Waals surface area (Å²) in [7, 11) is 0. The molecule has 0 spiro atoms. The summed E-state index contributed by atoms with van der Waals surface area (Å²) >= 11 is 0. The van der Waals surface area contributed by atoms with Crippen molar-refractivity contribution in [1.29, 1.82) is 0 Å². The van der Waals surface area contributed by atoms with E-state index < -0.39 is 10.8 Å². The minimum atomic E-state index is -0.599. The van der Waals surface area contributed by atoms with Crippen molar-refractivity contribution in [3.8, 4) is 0 Å². The second-order valence-electron chi connectivity index (χ2n) is 6.08. The van der Waals surface area contributed by atoms with E-state index in [0.717, 1.165) is 11.1 Å². The number of nitrogens with one attached hydrogen (secondary N) is 3. The summed E-state index contributed by atoms with van der Waals surface area (Å²) in [6, 6.07) is 18.6. The van der Waals surface area contributed by atoms with E-state index in [4.69, 9.17) is 0 Å². The molecule has 29 heavy (non-hydrogen) atoms. The lowest BCUT2D eigenvalue weighted by Gasteiger charge is -2.18. The Morgan fingerprint density at radius 3 is 2.07 bits per heavy atom. The number of hydrazine groups is 1. The summed E-state index contributed by atoms with van der Waals surface area (Å²) in [5.41, 5.74) is 6.38. The van der Waals surface area contributed by atoms with Gasteiger partial charge in [-0.25, -0.2) is 9.97 Å². The van der Waals surface area contributed by atoms with Crippen LogP contribution in [0.4, 0.5) is 17.3 Å². The van der Waals surface area contributed by atoms with Crippen LogP contribution in [0.25, 0.3) is 0 Å². The third-order valence-electron chi connectivity index (χ3n) is 4.18. The summed E-state index contributed by atoms with van der Waals surface area (Å²) < 4.78 is 0. The molecule has 2 aromatic carbocycles. The first kappa shape index (κ1) is 19.7. The monoisotopic (exact) mass is 392 g/mol. The van der Waals surface area contributed by atoms with Crippen LogP contribution >= 0.6 is 0 Å². The molecule has 0 aliphatic heterocycles. The lowest BCUT2D eigenvalue weighted by atomic mass is 9.91. The van der Waals surface area contributed by atoms with Gasteiger partial charge in [-0.1, -0.05) is 60.7 Å². The van der Waals surface area contributed by atoms with E-state index in [0.29, 0.717) is 6.54 Å². The molecule has 0 radical (unpaired) electrons. The van der Waals surface area contributed by atoms with Crippen molar-refractivity contribution in [1.82, 2.24) is 15.4 Å². The number of rotatable bonds is 8. The van der Waals surface area contributed by atoms with Crippen LogP contribution in [0.5, 0.6) is 0 Å². The molecule has 9 nitrogen and oxygen atoms in total. The maximum atomic E-state index is 13.0. The Labute approximate surface area is 167 Å². The molecule has 1 amide bonds. The molecule has 0 atom stereocenters. The van der Waals surface area contributed by atoms with Gasteiger partial charge in [0, 0.05) is 6.54 Å². The average Bonchev–Trinajstić information content (AvgIpc) is 2.74. The van der Waals surface area contributed by atoms with Crippen molar-refractivity contribution in [3.05, 3.63) is 88.2 Å². The Balaban J connectivity index is 1.87. The molecule has 0 unspecified atom stereocenters. The van der Waals surface area contributed by atoms with E-state index in [2.05, 4.69) is 26.1 Å². The minimum Gasteiger partial charge on any atom is -0.364 e. The van der Waals surface area contributed by atoms with Gasteiger partial charge in [-0.05, 0) is 18.1 Å². The first-order valence-corrected chi connectivity index (χ1v) is 9.00. The van der Waals surface area contributed by atoms with Crippen LogP contribution in [0.3, 0.4) is 0 Å². The highest BCUT2D eigenvalue weighted by molar-refractivity contribution is 5.88. The summed E-state index contributed by atoms with van der Waals surface area (Å²) in [5.74, 6) is -1.000. The number of benzene rings is 2. The largest absolute Gasteiger partial charge is 0.364 e. The molecular weight excluding hydrogens is 372 g/mol. The van der Waals surface area contributed by atoms with E-state index >= 15 is 0 Å². The number of nitro groups is 1. The van der Waals surface area contributed by atoms with Crippen LogP contribution in [-0.2, 0) is 4.79 Å². The number of amides is 1. The molecule has 148 valence electrons. The first-order chi connectivity index (χ1) is 14.1. The van der Waals surface area contributed by atoms with Gasteiger partial charge in [0.25, 0.3) is 0 Å². The van der Waals surface area contributed by atoms with Gasteiger partial charge in [-0.15, -0.1) is 0 Å². The predicted molar refractivity (Wildman–Crippen MR) is 109 cm³/mol. The smallest absolute Gasteiger partial charge is 0.354 e. The van der Waals surface area contributed by atoms with Crippen molar-refractivity contribution in [2.75, 3.05) is 17.3 Å². The number of carbonyl (C=O) groups excluding carboxylic acids is 1. The molecule has 3 N–H and O–H groups in total. The van der Waals surface area contributed by atoms with Gasteiger partial charge in [0.15, 0.2) is 0 Å². The van der Waals surface area contributed by atoms with E-state index in [9.17, 15) is 14.9 Å². The standard InChI is InChI=1S/C20H20N6O3/c1-2-21-18-17(26(28)29)19(23-13-22-18)24-25-20(27)16(14-9-5-3-6-10-14)15-11-7-4-8-12-15/h3-13,16H,2H2,1H3,(H,25,27)(H2,21,22,23,24). The van der Waals surface area contributed by atoms with Crippen molar-refractivity contribution in [2.24, 2.45) is 0 Å². The Hall–Kier alpha value is -4.01. The van der Waals surface area contributed by atoms with Crippen LogP contribution in [0, 0.1) is 10.1 Å². The lowest BCUT2D eigenvalue weighted by molar-refractivity contribution is -0.383. The predicted octanol–water partition coefficient (Wildman–Crippen LogP) is 3.09. The molecule has 0 aliphatic carbocycles. The van der Waals surface area contributed by atoms with Gasteiger partial charge in [-0.3, -0.25) is 25.8 Å². The molecule has 0 saturated heterocycles. The highest BCUT2D eigenvalue weighted by Gasteiger charge is 2.26. The lowest BCUT2D eigenvalue weighted by Crippen LogP contribution is -2.35. The Morgan fingerprint density at radius 2 is 1.55 bits per heavy atom. The van der Waals surface area contributed by atoms with Crippen molar-refractivity contribution in [3.63, 3.8) is 0 Å². The summed E-state index contributed by atoms with van der Waals surface area (Å²) in [6.45, 7) is 2.25. The molecule has 0 bridgehead atoms. The number of hydrogen-bond acceptors (Lipinski definition) is 7. The average molecular weight is 392 g/mol. The fraction of sp³-hybridized carbons (Fsp3) is 0.150. The molecule has 0 fully saturated rings. The number of carbonyl (C=O) groups is 1. The quantitative estimate of drug-likeness (QED) is 0.398. The molecule has 1 aromatic heterocycles. The highest BCUT2D eigenvalue weighted by Crippen LogP contribution is 2.29. The van der Waals surface area contributed by atoms with Gasteiger partial charge in [-0.2, -0.15) is 0 Å². The van der Waals surface area contributed by atoms with Crippen molar-refractivity contribution >= 4 is 23.2 Å². The molecular formula is C20H20N6O3. The summed E-state index contributed by atoms with van der Waals surface area (Å²) in [6.07, 6.45) is 1.19. The maximum Gasteiger partial charge on any atom is 0.354 e. The number of anilines is 2. The number of hydrogen-bond donors (Lipinski definition) is 3. The third-order valence-corrected chi connectivity index (χ3v) is 4.18. The number of aromatic nitrogens is 2. The van der Waals surface area contributed by atoms with Crippen LogP contribution in [0.2, 0.25) is 0 Å². The number of nitrogens with zero attached hydrogens (tertiary/aromatic N) is 3. The van der Waals surface area contributed by atoms with E-state index in [1.807, 2.05) is 60.7 Å². The van der Waals surface area contributed by atoms with Gasteiger partial charge >= 0.3 is 5.69 Å². The normalized spacial score (nSPS) is 10.4. The van der Waals surface area contributed by atoms with Crippen LogP contribution < -0.4 is 16.2 Å². The van der Waals surface area contributed by atoms with Crippen LogP contribution in [0.15, 0.2) is 67.0 Å². The molecule has 0 aliphatic rings.